The second kappa shape index (κ2) is 11.8. The molecule has 1 aromatic carbocycles. The minimum Gasteiger partial charge on any atom is -0.357 e. The van der Waals surface area contributed by atoms with Gasteiger partial charge >= 0.3 is 0 Å². The summed E-state index contributed by atoms with van der Waals surface area (Å²) in [5.74, 6) is -1.62. The lowest BCUT2D eigenvalue weighted by Gasteiger charge is -2.49. The molecule has 0 spiro atoms. The van der Waals surface area contributed by atoms with Gasteiger partial charge in [-0.2, -0.15) is 0 Å². The Balaban J connectivity index is 1.13. The topological polar surface area (TPSA) is 118 Å². The van der Waals surface area contributed by atoms with Crippen LogP contribution in [0.1, 0.15) is 74.8 Å². The monoisotopic (exact) mass is 693 g/mol. The van der Waals surface area contributed by atoms with Crippen LogP contribution in [0.15, 0.2) is 24.3 Å². The molecule has 6 heterocycles. The first kappa shape index (κ1) is 32.7. The SMILES string of the molecule is CC(C)C[C@H]1C(=O)N2CCC[C@H]2[C@@]2(O)O[C@@](NC(=O)[C@@H]3C=C4c5cccc6[nH]c(C7SCCCS7)c(c56)C[C@H]4N(C)C3)(C(C)C)C(=O)N12. The van der Waals surface area contributed by atoms with Gasteiger partial charge in [-0.1, -0.05) is 45.9 Å². The van der Waals surface area contributed by atoms with Crippen molar-refractivity contribution in [3.63, 3.8) is 0 Å². The van der Waals surface area contributed by atoms with Gasteiger partial charge in [0.1, 0.15) is 12.1 Å². The van der Waals surface area contributed by atoms with Crippen LogP contribution in [0.4, 0.5) is 0 Å². The number of aromatic amines is 1. The third kappa shape index (κ3) is 4.76. The summed E-state index contributed by atoms with van der Waals surface area (Å²) in [5.41, 5.74) is 4.35. The molecule has 3 N–H and O–H groups in total. The fourth-order valence-electron chi connectivity index (χ4n) is 9.07. The molecule has 12 heteroatoms. The Kier molecular flexibility index (Phi) is 8.03. The van der Waals surface area contributed by atoms with Crippen LogP contribution in [0.5, 0.6) is 0 Å². The number of H-pyrrole nitrogens is 1. The van der Waals surface area contributed by atoms with E-state index in [4.69, 9.17) is 4.74 Å². The van der Waals surface area contributed by atoms with Gasteiger partial charge in [0.05, 0.1) is 10.5 Å². The summed E-state index contributed by atoms with van der Waals surface area (Å²) < 4.78 is 6.91. The van der Waals surface area contributed by atoms with Gasteiger partial charge in [-0.05, 0) is 79.3 Å². The molecule has 4 saturated heterocycles. The number of piperazine rings is 1. The fourth-order valence-corrected chi connectivity index (χ4v) is 12.0. The molecule has 6 aliphatic rings. The molecule has 0 radical (unpaired) electrons. The second-order valence-corrected chi connectivity index (χ2v) is 17.9. The highest BCUT2D eigenvalue weighted by Crippen LogP contribution is 2.51. The lowest BCUT2D eigenvalue weighted by atomic mass is 9.79. The van der Waals surface area contributed by atoms with Crippen molar-refractivity contribution >= 4 is 57.7 Å². The zero-order valence-corrected chi connectivity index (χ0v) is 30.1. The van der Waals surface area contributed by atoms with Crippen molar-refractivity contribution in [2.45, 2.75) is 94.1 Å². The molecule has 4 fully saturated rings. The summed E-state index contributed by atoms with van der Waals surface area (Å²) in [4.78, 5) is 51.7. The van der Waals surface area contributed by atoms with Crippen LogP contribution < -0.4 is 5.32 Å². The third-order valence-electron chi connectivity index (χ3n) is 11.4. The summed E-state index contributed by atoms with van der Waals surface area (Å²) >= 11 is 4.05. The molecule has 48 heavy (non-hydrogen) atoms. The van der Waals surface area contributed by atoms with E-state index in [9.17, 15) is 19.5 Å². The minimum absolute atomic E-state index is 0.105. The van der Waals surface area contributed by atoms with Gasteiger partial charge in [0, 0.05) is 41.6 Å². The summed E-state index contributed by atoms with van der Waals surface area (Å²) in [6, 6.07) is 5.02. The second-order valence-electron chi connectivity index (χ2n) is 15.2. The Morgan fingerprint density at radius 1 is 1.17 bits per heavy atom. The molecular formula is C36H47N5O5S2. The van der Waals surface area contributed by atoms with E-state index in [0.717, 1.165) is 29.5 Å². The van der Waals surface area contributed by atoms with E-state index in [1.165, 1.54) is 39.5 Å². The van der Waals surface area contributed by atoms with E-state index in [1.807, 2.05) is 51.2 Å². The maximum atomic E-state index is 14.6. The Hall–Kier alpha value is -2.51. The quantitative estimate of drug-likeness (QED) is 0.410. The average Bonchev–Trinajstić information content (AvgIpc) is 3.76. The molecule has 0 bridgehead atoms. The maximum Gasteiger partial charge on any atom is 0.281 e. The Labute approximate surface area is 290 Å². The lowest BCUT2D eigenvalue weighted by Crippen LogP contribution is -2.71. The average molecular weight is 694 g/mol. The molecule has 0 unspecified atom stereocenters. The number of ether oxygens (including phenoxy) is 1. The Bertz CT molecular complexity index is 1700. The number of aliphatic hydroxyl groups is 1. The van der Waals surface area contributed by atoms with Gasteiger partial charge in [0.15, 0.2) is 0 Å². The molecule has 1 aromatic heterocycles. The van der Waals surface area contributed by atoms with Crippen LogP contribution >= 0.6 is 23.5 Å². The number of nitrogens with one attached hydrogen (secondary N) is 2. The highest BCUT2D eigenvalue weighted by atomic mass is 32.2. The predicted octanol–water partition coefficient (Wildman–Crippen LogP) is 4.30. The molecule has 10 nitrogen and oxygen atoms in total. The Morgan fingerprint density at radius 3 is 2.67 bits per heavy atom. The largest absolute Gasteiger partial charge is 0.357 e. The number of rotatable bonds is 6. The van der Waals surface area contributed by atoms with Crippen LogP contribution in [-0.2, 0) is 25.5 Å². The van der Waals surface area contributed by atoms with Crippen LogP contribution in [0.3, 0.4) is 0 Å². The van der Waals surface area contributed by atoms with Crippen LogP contribution in [0.2, 0.25) is 0 Å². The first-order valence-electron chi connectivity index (χ1n) is 17.6. The van der Waals surface area contributed by atoms with Crippen LogP contribution in [0, 0.1) is 17.8 Å². The number of hydrogen-bond acceptors (Lipinski definition) is 8. The van der Waals surface area contributed by atoms with E-state index in [0.29, 0.717) is 30.5 Å². The van der Waals surface area contributed by atoms with Gasteiger partial charge in [0.2, 0.25) is 17.5 Å². The van der Waals surface area contributed by atoms with Crippen molar-refractivity contribution in [3.05, 3.63) is 41.1 Å². The van der Waals surface area contributed by atoms with Gasteiger partial charge in [-0.15, -0.1) is 23.5 Å². The van der Waals surface area contributed by atoms with Gasteiger partial charge < -0.3 is 20.3 Å². The normalized spacial score (nSPS) is 33.8. The minimum atomic E-state index is -2.01. The number of thioether (sulfide) groups is 2. The van der Waals surface area contributed by atoms with E-state index in [1.54, 1.807) is 4.90 Å². The Morgan fingerprint density at radius 2 is 1.94 bits per heavy atom. The first-order valence-corrected chi connectivity index (χ1v) is 19.7. The van der Waals surface area contributed by atoms with Crippen molar-refractivity contribution in [3.8, 4) is 0 Å². The molecule has 2 aromatic rings. The van der Waals surface area contributed by atoms with E-state index < -0.39 is 41.5 Å². The summed E-state index contributed by atoms with van der Waals surface area (Å²) in [6.45, 7) is 8.65. The maximum absolute atomic E-state index is 14.6. The van der Waals surface area contributed by atoms with Crippen molar-refractivity contribution in [2.75, 3.05) is 31.6 Å². The predicted molar refractivity (Wildman–Crippen MR) is 189 cm³/mol. The number of hydrogen-bond donors (Lipinski definition) is 3. The standard InChI is InChI=1S/C36H47N5O5S2/c1-19(2)15-27-32(43)40-12-7-11-28(40)36(45)41(27)34(44)35(46-36,20(3)4)38-31(42)21-16-23-22-9-6-10-25-29(22)24(17-26(23)39(5)18-21)30(37-25)33-47-13-8-14-48-33/h6,9-10,16,19-21,26-28,33,37,45H,7-8,11-15,17-18H2,1-5H3,(H,38,42)/t21-,26-,27+,28+,35+,36-/m1/s1. The molecule has 1 aliphatic carbocycles. The van der Waals surface area contributed by atoms with Crippen molar-refractivity contribution in [1.82, 2.24) is 25.0 Å². The summed E-state index contributed by atoms with van der Waals surface area (Å²) in [7, 11) is 2.08. The number of nitrogens with zero attached hydrogens (tertiary/aromatic N) is 3. The summed E-state index contributed by atoms with van der Waals surface area (Å²) in [6.07, 6.45) is 5.86. The van der Waals surface area contributed by atoms with Crippen molar-refractivity contribution in [1.29, 1.82) is 0 Å². The van der Waals surface area contributed by atoms with Gasteiger partial charge in [-0.25, -0.2) is 0 Å². The number of carbonyl (C=O) groups excluding carboxylic acids is 3. The van der Waals surface area contributed by atoms with E-state index in [2.05, 4.69) is 46.5 Å². The van der Waals surface area contributed by atoms with Gasteiger partial charge in [0.25, 0.3) is 11.8 Å². The number of fused-ring (bicyclic) bond motifs is 5. The first-order chi connectivity index (χ1) is 22.9. The molecule has 5 aliphatic heterocycles. The lowest BCUT2D eigenvalue weighted by molar-refractivity contribution is -0.322. The van der Waals surface area contributed by atoms with E-state index >= 15 is 0 Å². The highest BCUT2D eigenvalue weighted by Gasteiger charge is 2.72. The van der Waals surface area contributed by atoms with E-state index in [-0.39, 0.29) is 23.8 Å². The number of likely N-dealkylation sites (N-methyl/N-ethyl adjacent to an activating group) is 1. The number of amides is 3. The number of benzene rings is 1. The molecule has 6 atom stereocenters. The number of aromatic nitrogens is 1. The smallest absolute Gasteiger partial charge is 0.281 e. The number of carbonyl (C=O) groups is 3. The molecule has 258 valence electrons. The van der Waals surface area contributed by atoms with Crippen LogP contribution in [-0.4, -0.2) is 104 Å². The molecule has 0 saturated carbocycles. The molecule has 3 amide bonds. The fraction of sp³-hybridized carbons (Fsp3) is 0.639. The molecule has 8 rings (SSSR count). The van der Waals surface area contributed by atoms with Crippen molar-refractivity contribution in [2.24, 2.45) is 17.8 Å². The third-order valence-corrected chi connectivity index (χ3v) is 14.3. The highest BCUT2D eigenvalue weighted by molar-refractivity contribution is 8.16. The van der Waals surface area contributed by atoms with Gasteiger partial charge in [-0.3, -0.25) is 28.9 Å². The zero-order chi connectivity index (χ0) is 33.7. The summed E-state index contributed by atoms with van der Waals surface area (Å²) in [5, 5.41) is 16.5. The van der Waals surface area contributed by atoms with Crippen LogP contribution in [0.25, 0.3) is 16.5 Å². The molecular weight excluding hydrogens is 647 g/mol. The zero-order valence-electron chi connectivity index (χ0n) is 28.5. The van der Waals surface area contributed by atoms with Crippen molar-refractivity contribution < 1.29 is 24.2 Å².